The zero-order chi connectivity index (χ0) is 29.1. The van der Waals surface area contributed by atoms with E-state index in [2.05, 4.69) is 55.2 Å². The van der Waals surface area contributed by atoms with Gasteiger partial charge in [-0.15, -0.1) is 11.3 Å². The molecule has 1 aromatic carbocycles. The number of benzene rings is 1. The molecule has 0 saturated heterocycles. The fourth-order valence-electron chi connectivity index (χ4n) is 4.47. The predicted octanol–water partition coefficient (Wildman–Crippen LogP) is 8.28. The molecule has 0 spiro atoms. The monoisotopic (exact) mass is 552 g/mol. The third kappa shape index (κ3) is 7.23. The van der Waals surface area contributed by atoms with E-state index in [1.54, 1.807) is 18.4 Å². The quantitative estimate of drug-likeness (QED) is 0.246. The maximum absolute atomic E-state index is 9.73. The van der Waals surface area contributed by atoms with Crippen LogP contribution in [0.1, 0.15) is 68.7 Å². The molecule has 0 N–H and O–H groups in total. The van der Waals surface area contributed by atoms with Crippen LogP contribution in [-0.4, -0.2) is 25.8 Å². The molecular formula is C33H36N4O2S. The van der Waals surface area contributed by atoms with E-state index in [9.17, 15) is 15.8 Å². The lowest BCUT2D eigenvalue weighted by Crippen LogP contribution is -2.25. The fourth-order valence-corrected chi connectivity index (χ4v) is 5.29. The van der Waals surface area contributed by atoms with Gasteiger partial charge in [0.25, 0.3) is 0 Å². The first-order valence-electron chi connectivity index (χ1n) is 13.6. The molecule has 40 heavy (non-hydrogen) atoms. The van der Waals surface area contributed by atoms with Crippen LogP contribution in [-0.2, 0) is 4.74 Å². The topological polar surface area (TPSA) is 93.1 Å². The molecule has 0 fully saturated rings. The number of rotatable bonds is 12. The highest BCUT2D eigenvalue weighted by molar-refractivity contribution is 7.13. The molecule has 3 rings (SSSR count). The maximum Gasteiger partial charge on any atom is 0.172 e. The Hall–Kier alpha value is -4.25. The van der Waals surface area contributed by atoms with Crippen LogP contribution in [0.25, 0.3) is 18.2 Å². The van der Waals surface area contributed by atoms with Gasteiger partial charge in [0.2, 0.25) is 0 Å². The molecule has 2 heterocycles. The van der Waals surface area contributed by atoms with E-state index in [1.807, 2.05) is 50.3 Å². The Bertz CT molecular complexity index is 1430. The summed E-state index contributed by atoms with van der Waals surface area (Å²) in [5.41, 5.74) is 2.03. The number of hydrogen-bond acceptors (Lipinski definition) is 7. The highest BCUT2D eigenvalue weighted by Crippen LogP contribution is 2.40. The van der Waals surface area contributed by atoms with Crippen molar-refractivity contribution in [3.63, 3.8) is 0 Å². The van der Waals surface area contributed by atoms with Gasteiger partial charge in [-0.25, -0.2) is 0 Å². The SMILES string of the molecule is CCCCN(CCCC)c1ccc(C=Cc2ccc(C=CC3=C(C#N)C(=C(C#N)C#N)OC3(C)C)s2)c(OC)c1. The van der Waals surface area contributed by atoms with Gasteiger partial charge in [0.05, 0.1) is 7.11 Å². The fraction of sp³-hybridized carbons (Fsp3) is 0.364. The van der Waals surface area contributed by atoms with E-state index in [0.29, 0.717) is 5.57 Å². The summed E-state index contributed by atoms with van der Waals surface area (Å²) in [6.45, 7) is 10.2. The molecule has 1 aliphatic heterocycles. The zero-order valence-corrected chi connectivity index (χ0v) is 24.8. The van der Waals surface area contributed by atoms with Gasteiger partial charge in [0.1, 0.15) is 35.1 Å². The Labute approximate surface area is 242 Å². The van der Waals surface area contributed by atoms with Crippen molar-refractivity contribution in [1.82, 2.24) is 0 Å². The summed E-state index contributed by atoms with van der Waals surface area (Å²) < 4.78 is 11.6. The van der Waals surface area contributed by atoms with Crippen molar-refractivity contribution in [3.8, 4) is 24.0 Å². The Morgan fingerprint density at radius 3 is 2.12 bits per heavy atom. The lowest BCUT2D eigenvalue weighted by atomic mass is 9.94. The molecule has 6 nitrogen and oxygen atoms in total. The Morgan fingerprint density at radius 2 is 1.57 bits per heavy atom. The first-order valence-corrected chi connectivity index (χ1v) is 14.4. The van der Waals surface area contributed by atoms with E-state index < -0.39 is 5.60 Å². The van der Waals surface area contributed by atoms with Crippen LogP contribution in [0.3, 0.4) is 0 Å². The summed E-state index contributed by atoms with van der Waals surface area (Å²) in [7, 11) is 1.71. The van der Waals surface area contributed by atoms with Gasteiger partial charge in [0.15, 0.2) is 11.3 Å². The van der Waals surface area contributed by atoms with Crippen molar-refractivity contribution >= 4 is 35.3 Å². The molecule has 206 valence electrons. The van der Waals surface area contributed by atoms with Gasteiger partial charge < -0.3 is 14.4 Å². The smallest absolute Gasteiger partial charge is 0.172 e. The second-order valence-corrected chi connectivity index (χ2v) is 11.1. The van der Waals surface area contributed by atoms with Gasteiger partial charge in [-0.05, 0) is 69.2 Å². The Kier molecular flexibility index (Phi) is 10.8. The van der Waals surface area contributed by atoms with Crippen LogP contribution in [0, 0.1) is 34.0 Å². The predicted molar refractivity (Wildman–Crippen MR) is 163 cm³/mol. The largest absolute Gasteiger partial charge is 0.496 e. The highest BCUT2D eigenvalue weighted by Gasteiger charge is 2.38. The lowest BCUT2D eigenvalue weighted by molar-refractivity contribution is 0.0954. The van der Waals surface area contributed by atoms with Crippen molar-refractivity contribution in [1.29, 1.82) is 15.8 Å². The molecule has 0 aliphatic carbocycles. The van der Waals surface area contributed by atoms with Crippen molar-refractivity contribution < 1.29 is 9.47 Å². The summed E-state index contributed by atoms with van der Waals surface area (Å²) in [6.07, 6.45) is 12.6. The molecule has 0 amide bonds. The number of nitriles is 3. The van der Waals surface area contributed by atoms with Crippen molar-refractivity contribution in [2.45, 2.75) is 59.0 Å². The summed E-state index contributed by atoms with van der Waals surface area (Å²) >= 11 is 1.61. The van der Waals surface area contributed by atoms with Crippen molar-refractivity contribution in [3.05, 3.63) is 74.2 Å². The first kappa shape index (κ1) is 30.3. The Morgan fingerprint density at radius 1 is 0.950 bits per heavy atom. The van der Waals surface area contributed by atoms with Crippen LogP contribution in [0.5, 0.6) is 5.75 Å². The van der Waals surface area contributed by atoms with Gasteiger partial charge in [-0.3, -0.25) is 0 Å². The summed E-state index contributed by atoms with van der Waals surface area (Å²) in [6, 6.07) is 16.2. The summed E-state index contributed by atoms with van der Waals surface area (Å²) in [4.78, 5) is 4.53. The highest BCUT2D eigenvalue weighted by atomic mass is 32.1. The number of anilines is 1. The molecule has 0 saturated carbocycles. The molecule has 0 atom stereocenters. The molecule has 1 aromatic heterocycles. The van der Waals surface area contributed by atoms with E-state index >= 15 is 0 Å². The number of allylic oxidation sites excluding steroid dienone is 2. The number of hydrogen-bond donors (Lipinski definition) is 0. The van der Waals surface area contributed by atoms with Crippen LogP contribution in [0.2, 0.25) is 0 Å². The molecular weight excluding hydrogens is 516 g/mol. The first-order chi connectivity index (χ1) is 19.3. The van der Waals surface area contributed by atoms with E-state index in [0.717, 1.165) is 34.2 Å². The number of ether oxygens (including phenoxy) is 2. The third-order valence-electron chi connectivity index (χ3n) is 6.70. The van der Waals surface area contributed by atoms with E-state index in [1.165, 1.54) is 31.4 Å². The van der Waals surface area contributed by atoms with Gasteiger partial charge in [0, 0.05) is 45.7 Å². The van der Waals surface area contributed by atoms with E-state index in [-0.39, 0.29) is 16.9 Å². The maximum atomic E-state index is 9.73. The van der Waals surface area contributed by atoms with Crippen molar-refractivity contribution in [2.24, 2.45) is 0 Å². The number of methoxy groups -OCH3 is 1. The number of thiophene rings is 1. The molecule has 1 aliphatic rings. The second-order valence-electron chi connectivity index (χ2n) is 9.97. The van der Waals surface area contributed by atoms with Gasteiger partial charge in [-0.1, -0.05) is 32.8 Å². The third-order valence-corrected chi connectivity index (χ3v) is 7.71. The zero-order valence-electron chi connectivity index (χ0n) is 24.0. The number of unbranched alkanes of at least 4 members (excludes halogenated alkanes) is 2. The molecule has 0 bridgehead atoms. The molecule has 7 heteroatoms. The van der Waals surface area contributed by atoms with Crippen LogP contribution in [0.4, 0.5) is 5.69 Å². The van der Waals surface area contributed by atoms with Crippen LogP contribution in [0.15, 0.2) is 58.9 Å². The van der Waals surface area contributed by atoms with Crippen LogP contribution < -0.4 is 9.64 Å². The van der Waals surface area contributed by atoms with E-state index in [4.69, 9.17) is 9.47 Å². The number of nitrogens with zero attached hydrogens (tertiary/aromatic N) is 4. The van der Waals surface area contributed by atoms with Gasteiger partial charge >= 0.3 is 0 Å². The average Bonchev–Trinajstić information content (AvgIpc) is 3.51. The normalized spacial score (nSPS) is 14.2. The average molecular weight is 553 g/mol. The summed E-state index contributed by atoms with van der Waals surface area (Å²) in [5.74, 6) is 0.895. The Balaban J connectivity index is 1.82. The minimum atomic E-state index is -0.832. The van der Waals surface area contributed by atoms with Gasteiger partial charge in [-0.2, -0.15) is 15.8 Å². The lowest BCUT2D eigenvalue weighted by Gasteiger charge is -2.25. The van der Waals surface area contributed by atoms with Crippen LogP contribution >= 0.6 is 11.3 Å². The second kappa shape index (κ2) is 14.2. The molecule has 2 aromatic rings. The minimum absolute atomic E-state index is 0.0470. The standard InChI is InChI=1S/C33H36N4O2S/c1-6-8-18-37(19-9-7-2)26-12-10-24(31(20-26)38-5)11-13-27-14-15-28(40-27)16-17-30-29(23-36)32(25(21-34)22-35)39-33(30,3)4/h10-17,20H,6-9,18-19H2,1-5H3. The molecule has 0 unspecified atom stereocenters. The minimum Gasteiger partial charge on any atom is -0.496 e. The molecule has 0 radical (unpaired) electrons. The summed E-state index contributed by atoms with van der Waals surface area (Å²) in [5, 5.41) is 28.2. The van der Waals surface area contributed by atoms with Crippen molar-refractivity contribution in [2.75, 3.05) is 25.1 Å².